The average Bonchev–Trinajstić information content (AvgIpc) is 2.41. The highest BCUT2D eigenvalue weighted by Crippen LogP contribution is 2.30. The summed E-state index contributed by atoms with van der Waals surface area (Å²) < 4.78 is 32.5. The Morgan fingerprint density at radius 2 is 2.00 bits per heavy atom. The Morgan fingerprint density at radius 1 is 1.29 bits per heavy atom. The highest BCUT2D eigenvalue weighted by atomic mass is 79.9. The molecule has 2 rings (SSSR count). The Kier molecular flexibility index (Phi) is 4.98. The van der Waals surface area contributed by atoms with Crippen LogP contribution in [0.5, 0.6) is 5.75 Å². The summed E-state index contributed by atoms with van der Waals surface area (Å²) in [6.45, 7) is 0. The first kappa shape index (κ1) is 16.4. The third kappa shape index (κ3) is 3.79. The van der Waals surface area contributed by atoms with Crippen molar-refractivity contribution in [2.45, 2.75) is 4.90 Å². The lowest BCUT2D eigenvalue weighted by atomic mass is 10.3. The number of rotatable bonds is 4. The number of anilines is 1. The molecule has 0 bridgehead atoms. The van der Waals surface area contributed by atoms with E-state index in [0.717, 1.165) is 6.20 Å². The van der Waals surface area contributed by atoms with Crippen molar-refractivity contribution in [3.63, 3.8) is 0 Å². The minimum atomic E-state index is -3.84. The summed E-state index contributed by atoms with van der Waals surface area (Å²) in [6.07, 6.45) is 1.16. The van der Waals surface area contributed by atoms with E-state index >= 15 is 0 Å². The van der Waals surface area contributed by atoms with Gasteiger partial charge < -0.3 is 4.74 Å². The van der Waals surface area contributed by atoms with E-state index in [1.807, 2.05) is 0 Å². The van der Waals surface area contributed by atoms with E-state index < -0.39 is 10.0 Å². The quantitative estimate of drug-likeness (QED) is 0.773. The number of aromatic nitrogens is 1. The van der Waals surface area contributed by atoms with Gasteiger partial charge in [0.05, 0.1) is 17.3 Å². The molecule has 0 atom stereocenters. The van der Waals surface area contributed by atoms with Gasteiger partial charge in [0.1, 0.15) is 15.8 Å². The van der Waals surface area contributed by atoms with E-state index in [2.05, 4.69) is 25.6 Å². The molecule has 5 nitrogen and oxygen atoms in total. The lowest BCUT2D eigenvalue weighted by Crippen LogP contribution is -2.14. The van der Waals surface area contributed by atoms with Gasteiger partial charge in [-0.05, 0) is 40.2 Å². The van der Waals surface area contributed by atoms with E-state index in [4.69, 9.17) is 27.9 Å². The molecule has 0 spiro atoms. The molecular weight excluding hydrogens is 403 g/mol. The van der Waals surface area contributed by atoms with Crippen LogP contribution in [0.4, 0.5) is 5.69 Å². The Morgan fingerprint density at radius 3 is 2.62 bits per heavy atom. The Bertz CT molecular complexity index is 784. The second kappa shape index (κ2) is 6.39. The number of hydrogen-bond donors (Lipinski definition) is 1. The van der Waals surface area contributed by atoms with Crippen LogP contribution < -0.4 is 9.46 Å². The van der Waals surface area contributed by atoms with Crippen LogP contribution in [0.25, 0.3) is 0 Å². The maximum atomic E-state index is 12.3. The molecule has 0 saturated carbocycles. The Balaban J connectivity index is 2.41. The van der Waals surface area contributed by atoms with Gasteiger partial charge >= 0.3 is 0 Å². The van der Waals surface area contributed by atoms with Crippen molar-refractivity contribution in [1.29, 1.82) is 0 Å². The van der Waals surface area contributed by atoms with E-state index in [0.29, 0.717) is 15.2 Å². The second-order valence-electron chi connectivity index (χ2n) is 3.89. The van der Waals surface area contributed by atoms with Gasteiger partial charge in [0.15, 0.2) is 0 Å². The van der Waals surface area contributed by atoms with E-state index in [1.165, 1.54) is 19.2 Å². The van der Waals surface area contributed by atoms with Crippen molar-refractivity contribution >= 4 is 54.8 Å². The van der Waals surface area contributed by atoms with Crippen LogP contribution in [-0.4, -0.2) is 20.5 Å². The van der Waals surface area contributed by atoms with Gasteiger partial charge in [-0.3, -0.25) is 4.72 Å². The summed E-state index contributed by atoms with van der Waals surface area (Å²) >= 11 is 14.7. The lowest BCUT2D eigenvalue weighted by Gasteiger charge is -2.12. The molecule has 0 amide bonds. The van der Waals surface area contributed by atoms with Gasteiger partial charge in [0.2, 0.25) is 0 Å². The number of nitrogens with one attached hydrogen (secondary N) is 1. The van der Waals surface area contributed by atoms with Crippen LogP contribution in [-0.2, 0) is 10.0 Å². The summed E-state index contributed by atoms with van der Waals surface area (Å²) in [4.78, 5) is 3.75. The molecule has 0 fully saturated rings. The Labute approximate surface area is 140 Å². The van der Waals surface area contributed by atoms with Gasteiger partial charge in [-0.2, -0.15) is 0 Å². The fourth-order valence-corrected chi connectivity index (χ4v) is 3.32. The van der Waals surface area contributed by atoms with Crippen molar-refractivity contribution in [1.82, 2.24) is 4.98 Å². The SMILES string of the molecule is COc1ccc(Cl)cc1NS(=O)(=O)c1cnc(Cl)c(Br)c1. The number of sulfonamides is 1. The van der Waals surface area contributed by atoms with Crippen LogP contribution in [0.2, 0.25) is 10.2 Å². The molecule has 9 heteroatoms. The Hall–Kier alpha value is -1.02. The molecule has 0 aliphatic heterocycles. The number of ether oxygens (including phenoxy) is 1. The molecule has 1 aromatic heterocycles. The highest BCUT2D eigenvalue weighted by molar-refractivity contribution is 9.10. The van der Waals surface area contributed by atoms with Gasteiger partial charge in [0, 0.05) is 11.2 Å². The maximum Gasteiger partial charge on any atom is 0.263 e. The molecule has 0 saturated heterocycles. The number of hydrogen-bond acceptors (Lipinski definition) is 4. The molecule has 2 aromatic rings. The fourth-order valence-electron chi connectivity index (χ4n) is 1.51. The summed E-state index contributed by atoms with van der Waals surface area (Å²) in [7, 11) is -2.41. The van der Waals surface area contributed by atoms with Gasteiger partial charge in [-0.25, -0.2) is 13.4 Å². The first-order chi connectivity index (χ1) is 9.83. The van der Waals surface area contributed by atoms with Crippen LogP contribution in [0.3, 0.4) is 0 Å². The summed E-state index contributed by atoms with van der Waals surface area (Å²) in [5.41, 5.74) is 0.232. The van der Waals surface area contributed by atoms with Gasteiger partial charge in [-0.1, -0.05) is 23.2 Å². The summed E-state index contributed by atoms with van der Waals surface area (Å²) in [5, 5.41) is 0.554. The number of nitrogens with zero attached hydrogens (tertiary/aromatic N) is 1. The number of halogens is 3. The van der Waals surface area contributed by atoms with Crippen molar-refractivity contribution in [2.24, 2.45) is 0 Å². The van der Waals surface area contributed by atoms with Crippen LogP contribution in [0, 0.1) is 0 Å². The zero-order valence-electron chi connectivity index (χ0n) is 10.6. The van der Waals surface area contributed by atoms with Crippen molar-refractivity contribution in [3.8, 4) is 5.75 Å². The zero-order valence-corrected chi connectivity index (χ0v) is 14.5. The number of benzene rings is 1. The first-order valence-electron chi connectivity index (χ1n) is 5.51. The number of pyridine rings is 1. The molecule has 1 aromatic carbocycles. The highest BCUT2D eigenvalue weighted by Gasteiger charge is 2.18. The predicted octanol–water partition coefficient (Wildman–Crippen LogP) is 3.96. The predicted molar refractivity (Wildman–Crippen MR) is 85.8 cm³/mol. The van der Waals surface area contributed by atoms with Gasteiger partial charge in [-0.15, -0.1) is 0 Å². The largest absolute Gasteiger partial charge is 0.495 e. The molecule has 112 valence electrons. The average molecular weight is 412 g/mol. The molecule has 21 heavy (non-hydrogen) atoms. The third-order valence-corrected chi connectivity index (χ3v) is 5.19. The summed E-state index contributed by atoms with van der Waals surface area (Å²) in [6, 6.07) is 5.97. The van der Waals surface area contributed by atoms with Crippen LogP contribution >= 0.6 is 39.1 Å². The summed E-state index contributed by atoms with van der Waals surface area (Å²) in [5.74, 6) is 0.351. The standard InChI is InChI=1S/C12H9BrCl2N2O3S/c1-20-11-3-2-7(14)4-10(11)17-21(18,19)8-5-9(13)12(15)16-6-8/h2-6,17H,1H3. The first-order valence-corrected chi connectivity index (χ1v) is 8.54. The van der Waals surface area contributed by atoms with Crippen molar-refractivity contribution < 1.29 is 13.2 Å². The van der Waals surface area contributed by atoms with Crippen LogP contribution in [0.1, 0.15) is 0 Å². The molecule has 0 aliphatic carbocycles. The molecule has 0 radical (unpaired) electrons. The second-order valence-corrected chi connectivity index (χ2v) is 7.22. The number of methoxy groups -OCH3 is 1. The minimum Gasteiger partial charge on any atom is -0.495 e. The fraction of sp³-hybridized carbons (Fsp3) is 0.0833. The van der Waals surface area contributed by atoms with E-state index in [-0.39, 0.29) is 15.7 Å². The smallest absolute Gasteiger partial charge is 0.263 e. The van der Waals surface area contributed by atoms with Crippen molar-refractivity contribution in [2.75, 3.05) is 11.8 Å². The maximum absolute atomic E-state index is 12.3. The third-order valence-electron chi connectivity index (χ3n) is 2.49. The normalized spacial score (nSPS) is 11.2. The van der Waals surface area contributed by atoms with E-state index in [1.54, 1.807) is 12.1 Å². The molecular formula is C12H9BrCl2N2O3S. The monoisotopic (exact) mass is 410 g/mol. The molecule has 0 aliphatic rings. The minimum absolute atomic E-state index is 0.0409. The zero-order chi connectivity index (χ0) is 15.6. The molecule has 1 N–H and O–H groups in total. The molecule has 1 heterocycles. The van der Waals surface area contributed by atoms with Crippen molar-refractivity contribution in [3.05, 3.63) is 45.1 Å². The molecule has 0 unspecified atom stereocenters. The lowest BCUT2D eigenvalue weighted by molar-refractivity contribution is 0.417. The topological polar surface area (TPSA) is 68.3 Å². The van der Waals surface area contributed by atoms with Crippen LogP contribution in [0.15, 0.2) is 39.8 Å². The van der Waals surface area contributed by atoms with Gasteiger partial charge in [0.25, 0.3) is 10.0 Å². The van der Waals surface area contributed by atoms with E-state index in [9.17, 15) is 8.42 Å².